The van der Waals surface area contributed by atoms with Crippen LogP contribution in [-0.4, -0.2) is 38.5 Å². The lowest BCUT2D eigenvalue weighted by molar-refractivity contribution is -0.274. The first-order valence-electron chi connectivity index (χ1n) is 11.7. The van der Waals surface area contributed by atoms with Crippen LogP contribution in [0.5, 0.6) is 5.75 Å². The van der Waals surface area contributed by atoms with Crippen molar-refractivity contribution in [3.8, 4) is 11.4 Å². The van der Waals surface area contributed by atoms with Crippen LogP contribution in [-0.2, 0) is 19.4 Å². The molecule has 1 atom stereocenters. The first kappa shape index (κ1) is 25.7. The van der Waals surface area contributed by atoms with Gasteiger partial charge in [-0.3, -0.25) is 14.5 Å². The fourth-order valence-corrected chi connectivity index (χ4v) is 4.28. The fraction of sp³-hybridized carbons (Fsp3) is 0.320. The molecule has 198 valence electrons. The van der Waals surface area contributed by atoms with Gasteiger partial charge in [-0.2, -0.15) is 0 Å². The van der Waals surface area contributed by atoms with E-state index in [0.717, 1.165) is 0 Å². The molecule has 3 heterocycles. The van der Waals surface area contributed by atoms with Gasteiger partial charge in [-0.25, -0.2) is 24.3 Å². The largest absolute Gasteiger partial charge is 0.573 e. The topological polar surface area (TPSA) is 105 Å². The monoisotopic (exact) mass is 548 g/mol. The van der Waals surface area contributed by atoms with E-state index in [-0.39, 0.29) is 23.8 Å². The lowest BCUT2D eigenvalue weighted by atomic mass is 10.0. The van der Waals surface area contributed by atoms with Crippen molar-refractivity contribution < 1.29 is 37.3 Å². The van der Waals surface area contributed by atoms with Crippen LogP contribution in [0.15, 0.2) is 47.7 Å². The minimum atomic E-state index is -4.96. The molecule has 1 aliphatic heterocycles. The van der Waals surface area contributed by atoms with Crippen molar-refractivity contribution in [1.29, 1.82) is 0 Å². The van der Waals surface area contributed by atoms with Gasteiger partial charge < -0.3 is 4.74 Å². The van der Waals surface area contributed by atoms with Gasteiger partial charge in [0, 0.05) is 29.7 Å². The summed E-state index contributed by atoms with van der Waals surface area (Å²) in [6.07, 6.45) is -0.540. The average molecular weight is 549 g/mol. The van der Waals surface area contributed by atoms with Crippen LogP contribution in [0, 0.1) is 12.8 Å². The van der Waals surface area contributed by atoms with Gasteiger partial charge in [0.25, 0.3) is 0 Å². The van der Waals surface area contributed by atoms with Gasteiger partial charge in [-0.15, -0.1) is 13.2 Å². The Kier molecular flexibility index (Phi) is 6.82. The Morgan fingerprint density at radius 3 is 2.63 bits per heavy atom. The molecule has 1 aromatic carbocycles. The molecule has 0 bridgehead atoms. The molecule has 0 saturated heterocycles. The highest BCUT2D eigenvalue weighted by atomic mass is 35.5. The highest BCUT2D eigenvalue weighted by molar-refractivity contribution is 6.33. The number of aromatic nitrogens is 3. The Balaban J connectivity index is 1.53. The van der Waals surface area contributed by atoms with Gasteiger partial charge >= 0.3 is 18.3 Å². The lowest BCUT2D eigenvalue weighted by Gasteiger charge is -2.17. The van der Waals surface area contributed by atoms with Crippen molar-refractivity contribution in [2.75, 3.05) is 0 Å². The summed E-state index contributed by atoms with van der Waals surface area (Å²) in [7, 11) is 0. The van der Waals surface area contributed by atoms with Gasteiger partial charge in [-0.05, 0) is 44.4 Å². The number of nitrogens with zero attached hydrogens (tertiary/aromatic N) is 4. The van der Waals surface area contributed by atoms with E-state index in [1.165, 1.54) is 12.1 Å². The van der Waals surface area contributed by atoms with Crippen LogP contribution in [0.25, 0.3) is 5.69 Å². The quantitative estimate of drug-likeness (QED) is 0.307. The van der Waals surface area contributed by atoms with Crippen LogP contribution in [0.3, 0.4) is 0 Å². The number of carbonyl (C=O) groups is 2. The normalized spacial score (nSPS) is 16.6. The zero-order valence-corrected chi connectivity index (χ0v) is 20.6. The standard InChI is InChI=1S/C25H20ClF3N4O5/c1-13-12-31-23-18(7-8-21(34)37-38-24(35)14-5-6-14)32-22(17-4-2-3-9-30-17)15-10-16(26)20(36-25(27,28)29)11-19(15)33(13)23/h2-4,9-12,14,18H,5-8H2,1H3/t18-/m0/s1. The van der Waals surface area contributed by atoms with Gasteiger partial charge in [0.05, 0.1) is 34.5 Å². The number of fused-ring (bicyclic) bond motifs is 3. The minimum Gasteiger partial charge on any atom is -0.404 e. The van der Waals surface area contributed by atoms with Crippen LogP contribution in [0.1, 0.15) is 54.5 Å². The van der Waals surface area contributed by atoms with E-state index in [1.807, 2.05) is 0 Å². The molecule has 13 heteroatoms. The molecule has 0 amide bonds. The van der Waals surface area contributed by atoms with Crippen LogP contribution < -0.4 is 4.74 Å². The third-order valence-corrected chi connectivity index (χ3v) is 6.27. The molecule has 2 aliphatic rings. The Labute approximate surface area is 219 Å². The number of hydrogen-bond donors (Lipinski definition) is 0. The van der Waals surface area contributed by atoms with Crippen molar-refractivity contribution in [1.82, 2.24) is 14.5 Å². The molecule has 9 nitrogen and oxygen atoms in total. The number of hydrogen-bond acceptors (Lipinski definition) is 8. The van der Waals surface area contributed by atoms with Crippen LogP contribution >= 0.6 is 11.6 Å². The smallest absolute Gasteiger partial charge is 0.404 e. The van der Waals surface area contributed by atoms with Crippen molar-refractivity contribution in [3.05, 3.63) is 70.5 Å². The first-order chi connectivity index (χ1) is 18.1. The molecule has 1 aliphatic carbocycles. The van der Waals surface area contributed by atoms with Gasteiger partial charge in [-0.1, -0.05) is 17.7 Å². The maximum absolute atomic E-state index is 13.1. The third kappa shape index (κ3) is 5.49. The summed E-state index contributed by atoms with van der Waals surface area (Å²) in [4.78, 5) is 46.8. The summed E-state index contributed by atoms with van der Waals surface area (Å²) in [5.74, 6) is -1.80. The number of rotatable bonds is 6. The van der Waals surface area contributed by atoms with Crippen molar-refractivity contribution in [2.45, 2.75) is 45.0 Å². The van der Waals surface area contributed by atoms with Crippen molar-refractivity contribution in [2.24, 2.45) is 10.9 Å². The highest BCUT2D eigenvalue weighted by Crippen LogP contribution is 2.39. The molecular weight excluding hydrogens is 529 g/mol. The lowest BCUT2D eigenvalue weighted by Crippen LogP contribution is -2.18. The Bertz CT molecular complexity index is 1420. The SMILES string of the molecule is Cc1cnc2n1-c1cc(OC(F)(F)F)c(Cl)cc1C(c1ccccn1)=N[C@H]2CCC(=O)OOC(=O)C1CC1. The fourth-order valence-electron chi connectivity index (χ4n) is 4.08. The first-order valence-corrected chi connectivity index (χ1v) is 12.0. The molecule has 1 saturated carbocycles. The Hall–Kier alpha value is -3.93. The molecule has 0 radical (unpaired) electrons. The molecule has 0 spiro atoms. The van der Waals surface area contributed by atoms with E-state index in [1.54, 1.807) is 42.1 Å². The maximum atomic E-state index is 13.1. The molecule has 5 rings (SSSR count). The number of pyridine rings is 1. The zero-order valence-electron chi connectivity index (χ0n) is 19.9. The molecule has 38 heavy (non-hydrogen) atoms. The summed E-state index contributed by atoms with van der Waals surface area (Å²) in [5, 5.41) is -0.275. The number of aliphatic imine (C=N–C) groups is 1. The van der Waals surface area contributed by atoms with Crippen LogP contribution in [0.4, 0.5) is 13.2 Å². The number of benzene rings is 1. The summed E-state index contributed by atoms with van der Waals surface area (Å²) in [5.41, 5.74) is 2.07. The number of halogens is 4. The summed E-state index contributed by atoms with van der Waals surface area (Å²) in [6.45, 7) is 1.73. The molecule has 3 aromatic rings. The zero-order chi connectivity index (χ0) is 27.0. The summed E-state index contributed by atoms with van der Waals surface area (Å²) >= 11 is 6.21. The molecular formula is C25H20ClF3N4O5. The maximum Gasteiger partial charge on any atom is 0.573 e. The average Bonchev–Trinajstić information content (AvgIpc) is 3.67. The van der Waals surface area contributed by atoms with E-state index in [0.29, 0.717) is 47.0 Å². The predicted octanol–water partition coefficient (Wildman–Crippen LogP) is 5.21. The van der Waals surface area contributed by atoms with Crippen LogP contribution in [0.2, 0.25) is 5.02 Å². The van der Waals surface area contributed by atoms with E-state index in [2.05, 4.69) is 24.5 Å². The second kappa shape index (κ2) is 10.1. The van der Waals surface area contributed by atoms with E-state index in [9.17, 15) is 22.8 Å². The van der Waals surface area contributed by atoms with Crippen molar-refractivity contribution >= 4 is 29.3 Å². The second-order valence-electron chi connectivity index (χ2n) is 8.82. The van der Waals surface area contributed by atoms with Gasteiger partial charge in [0.1, 0.15) is 17.6 Å². The minimum absolute atomic E-state index is 0.0974. The highest BCUT2D eigenvalue weighted by Gasteiger charge is 2.35. The second-order valence-corrected chi connectivity index (χ2v) is 9.23. The molecule has 2 aromatic heterocycles. The number of carbonyl (C=O) groups excluding carboxylic acids is 2. The number of ether oxygens (including phenoxy) is 1. The van der Waals surface area contributed by atoms with E-state index < -0.39 is 30.1 Å². The van der Waals surface area contributed by atoms with E-state index >= 15 is 0 Å². The predicted molar refractivity (Wildman–Crippen MR) is 127 cm³/mol. The van der Waals surface area contributed by atoms with Gasteiger partial charge in [0.2, 0.25) is 0 Å². The third-order valence-electron chi connectivity index (χ3n) is 5.98. The Morgan fingerprint density at radius 2 is 1.95 bits per heavy atom. The number of aryl methyl sites for hydroxylation is 1. The number of alkyl halides is 3. The van der Waals surface area contributed by atoms with Crippen molar-refractivity contribution in [3.63, 3.8) is 0 Å². The van der Waals surface area contributed by atoms with E-state index in [4.69, 9.17) is 16.6 Å². The summed E-state index contributed by atoms with van der Waals surface area (Å²) < 4.78 is 45.0. The molecule has 0 N–H and O–H groups in total. The van der Waals surface area contributed by atoms with Gasteiger partial charge in [0.15, 0.2) is 0 Å². The Morgan fingerprint density at radius 1 is 1.16 bits per heavy atom. The molecule has 0 unspecified atom stereocenters. The summed E-state index contributed by atoms with van der Waals surface area (Å²) in [6, 6.07) is 6.92. The number of imidazole rings is 1. The molecule has 1 fully saturated rings.